The van der Waals surface area contributed by atoms with Gasteiger partial charge in [-0.1, -0.05) is 47.1 Å². The highest BCUT2D eigenvalue weighted by Gasteiger charge is 2.16. The van der Waals surface area contributed by atoms with E-state index in [2.05, 4.69) is 10.5 Å². The summed E-state index contributed by atoms with van der Waals surface area (Å²) in [4.78, 5) is 24.2. The van der Waals surface area contributed by atoms with Crippen LogP contribution in [0.4, 0.5) is 5.82 Å². The molecule has 0 saturated carbocycles. The first-order chi connectivity index (χ1) is 13.5. The monoisotopic (exact) mass is 400 g/mol. The first-order valence-electron chi connectivity index (χ1n) is 8.38. The predicted molar refractivity (Wildman–Crippen MR) is 102 cm³/mol. The molecule has 0 aliphatic carbocycles. The van der Waals surface area contributed by atoms with Gasteiger partial charge in [0.25, 0.3) is 5.91 Å². The van der Waals surface area contributed by atoms with E-state index in [1.54, 1.807) is 43.3 Å². The second kappa shape index (κ2) is 9.05. The SMILES string of the molecule is Cc1cc(NC(=O)COC(=O)c2ccccc2OCc2ccccc2Cl)no1. The zero-order valence-corrected chi connectivity index (χ0v) is 15.7. The zero-order chi connectivity index (χ0) is 19.9. The number of carbonyl (C=O) groups excluding carboxylic acids is 2. The topological polar surface area (TPSA) is 90.7 Å². The van der Waals surface area contributed by atoms with Gasteiger partial charge in [0.2, 0.25) is 0 Å². The molecule has 1 amide bonds. The Balaban J connectivity index is 1.59. The van der Waals surface area contributed by atoms with E-state index in [4.69, 9.17) is 25.6 Å². The molecule has 0 unspecified atom stereocenters. The Labute approximate surface area is 166 Å². The number of halogens is 1. The van der Waals surface area contributed by atoms with Crippen molar-refractivity contribution in [1.82, 2.24) is 5.16 Å². The Morgan fingerprint density at radius 2 is 1.89 bits per heavy atom. The molecule has 0 radical (unpaired) electrons. The number of para-hydroxylation sites is 1. The number of benzene rings is 2. The van der Waals surface area contributed by atoms with Crippen molar-refractivity contribution in [2.75, 3.05) is 11.9 Å². The Bertz CT molecular complexity index is 986. The molecule has 3 aromatic rings. The lowest BCUT2D eigenvalue weighted by atomic mass is 10.2. The fourth-order valence-electron chi connectivity index (χ4n) is 2.35. The van der Waals surface area contributed by atoms with Crippen LogP contribution in [0.15, 0.2) is 59.1 Å². The first kappa shape index (κ1) is 19.4. The van der Waals surface area contributed by atoms with Crippen molar-refractivity contribution in [3.05, 3.63) is 76.5 Å². The third-order valence-electron chi connectivity index (χ3n) is 3.68. The summed E-state index contributed by atoms with van der Waals surface area (Å²) in [6.07, 6.45) is 0. The lowest BCUT2D eigenvalue weighted by Crippen LogP contribution is -2.21. The molecule has 7 nitrogen and oxygen atoms in total. The van der Waals surface area contributed by atoms with Crippen LogP contribution in [-0.4, -0.2) is 23.6 Å². The zero-order valence-electron chi connectivity index (χ0n) is 15.0. The normalized spacial score (nSPS) is 10.4. The molecule has 1 N–H and O–H groups in total. The van der Waals surface area contributed by atoms with Crippen LogP contribution in [0.25, 0.3) is 0 Å². The molecule has 0 fully saturated rings. The predicted octanol–water partition coefficient (Wildman–Crippen LogP) is 4.01. The number of amides is 1. The summed E-state index contributed by atoms with van der Waals surface area (Å²) in [6, 6.07) is 15.4. The Morgan fingerprint density at radius 1 is 1.14 bits per heavy atom. The van der Waals surface area contributed by atoms with E-state index in [-0.39, 0.29) is 18.0 Å². The van der Waals surface area contributed by atoms with Gasteiger partial charge in [-0.2, -0.15) is 0 Å². The summed E-state index contributed by atoms with van der Waals surface area (Å²) in [7, 11) is 0. The van der Waals surface area contributed by atoms with E-state index >= 15 is 0 Å². The molecule has 0 spiro atoms. The minimum atomic E-state index is -0.679. The van der Waals surface area contributed by atoms with Crippen molar-refractivity contribution in [2.24, 2.45) is 0 Å². The Hall–Kier alpha value is -3.32. The summed E-state index contributed by atoms with van der Waals surface area (Å²) in [5, 5.41) is 6.68. The number of ether oxygens (including phenoxy) is 2. The van der Waals surface area contributed by atoms with Crippen molar-refractivity contribution in [1.29, 1.82) is 0 Å². The summed E-state index contributed by atoms with van der Waals surface area (Å²) in [5.74, 6) is -0.0729. The van der Waals surface area contributed by atoms with Gasteiger partial charge >= 0.3 is 5.97 Å². The van der Waals surface area contributed by atoms with Gasteiger partial charge in [-0.15, -0.1) is 0 Å². The fourth-order valence-corrected chi connectivity index (χ4v) is 2.54. The van der Waals surface area contributed by atoms with Crippen molar-refractivity contribution in [3.63, 3.8) is 0 Å². The maximum Gasteiger partial charge on any atom is 0.342 e. The molecular weight excluding hydrogens is 384 g/mol. The quantitative estimate of drug-likeness (QED) is 0.602. The summed E-state index contributed by atoms with van der Waals surface area (Å²) < 4.78 is 15.6. The van der Waals surface area contributed by atoms with E-state index in [9.17, 15) is 9.59 Å². The highest BCUT2D eigenvalue weighted by Crippen LogP contribution is 2.22. The van der Waals surface area contributed by atoms with E-state index in [0.29, 0.717) is 16.5 Å². The van der Waals surface area contributed by atoms with Crippen LogP contribution in [-0.2, 0) is 16.1 Å². The first-order valence-corrected chi connectivity index (χ1v) is 8.76. The molecule has 0 bridgehead atoms. The average molecular weight is 401 g/mol. The van der Waals surface area contributed by atoms with Crippen LogP contribution in [0.2, 0.25) is 5.02 Å². The van der Waals surface area contributed by atoms with Crippen molar-refractivity contribution < 1.29 is 23.6 Å². The van der Waals surface area contributed by atoms with Crippen LogP contribution in [0, 0.1) is 6.92 Å². The molecule has 1 heterocycles. The summed E-state index contributed by atoms with van der Waals surface area (Å²) in [6.45, 7) is 1.42. The molecule has 2 aromatic carbocycles. The molecule has 0 aliphatic heterocycles. The van der Waals surface area contributed by atoms with Gasteiger partial charge in [-0.3, -0.25) is 4.79 Å². The highest BCUT2D eigenvalue weighted by molar-refractivity contribution is 6.31. The second-order valence-corrected chi connectivity index (χ2v) is 6.23. The maximum absolute atomic E-state index is 12.4. The van der Waals surface area contributed by atoms with Gasteiger partial charge in [-0.25, -0.2) is 4.79 Å². The lowest BCUT2D eigenvalue weighted by molar-refractivity contribution is -0.119. The van der Waals surface area contributed by atoms with Crippen molar-refractivity contribution in [2.45, 2.75) is 13.5 Å². The number of hydrogen-bond donors (Lipinski definition) is 1. The number of aryl methyl sites for hydroxylation is 1. The minimum Gasteiger partial charge on any atom is -0.488 e. The standard InChI is InChI=1S/C20H17ClN2O5/c1-13-10-18(23-28-13)22-19(24)12-27-20(25)15-7-3-5-9-17(15)26-11-14-6-2-4-8-16(14)21/h2-10H,11-12H2,1H3,(H,22,23,24). The van der Waals surface area contributed by atoms with E-state index in [1.807, 2.05) is 18.2 Å². The maximum atomic E-state index is 12.4. The largest absolute Gasteiger partial charge is 0.488 e. The molecular formula is C20H17ClN2O5. The molecule has 1 aromatic heterocycles. The minimum absolute atomic E-state index is 0.190. The summed E-state index contributed by atoms with van der Waals surface area (Å²) in [5.41, 5.74) is 0.995. The van der Waals surface area contributed by atoms with Crippen molar-refractivity contribution in [3.8, 4) is 5.75 Å². The Morgan fingerprint density at radius 3 is 2.64 bits per heavy atom. The number of esters is 1. The number of nitrogens with zero attached hydrogens (tertiary/aromatic N) is 1. The van der Waals surface area contributed by atoms with Gasteiger partial charge in [0, 0.05) is 16.7 Å². The number of aromatic nitrogens is 1. The molecule has 0 saturated heterocycles. The number of anilines is 1. The molecule has 3 rings (SSSR count). The molecule has 144 valence electrons. The summed E-state index contributed by atoms with van der Waals surface area (Å²) >= 11 is 6.12. The second-order valence-electron chi connectivity index (χ2n) is 5.82. The highest BCUT2D eigenvalue weighted by atomic mass is 35.5. The van der Waals surface area contributed by atoms with Crippen LogP contribution in [0.5, 0.6) is 5.75 Å². The number of rotatable bonds is 7. The molecule has 28 heavy (non-hydrogen) atoms. The fraction of sp³-hybridized carbons (Fsp3) is 0.150. The smallest absolute Gasteiger partial charge is 0.342 e. The molecule has 8 heteroatoms. The van der Waals surface area contributed by atoms with Gasteiger partial charge < -0.3 is 19.3 Å². The van der Waals surface area contributed by atoms with Gasteiger partial charge in [-0.05, 0) is 25.1 Å². The number of nitrogens with one attached hydrogen (secondary N) is 1. The van der Waals surface area contributed by atoms with E-state index in [0.717, 1.165) is 5.56 Å². The Kier molecular flexibility index (Phi) is 6.29. The lowest BCUT2D eigenvalue weighted by Gasteiger charge is -2.12. The number of carbonyl (C=O) groups is 2. The van der Waals surface area contributed by atoms with Crippen LogP contribution >= 0.6 is 11.6 Å². The third kappa shape index (κ3) is 5.11. The van der Waals surface area contributed by atoms with Gasteiger partial charge in [0.05, 0.1) is 0 Å². The molecule has 0 aliphatic rings. The van der Waals surface area contributed by atoms with Gasteiger partial charge in [0.15, 0.2) is 12.4 Å². The van der Waals surface area contributed by atoms with Crippen molar-refractivity contribution >= 4 is 29.3 Å². The molecule has 0 atom stereocenters. The number of hydrogen-bond acceptors (Lipinski definition) is 6. The van der Waals surface area contributed by atoms with E-state index < -0.39 is 18.5 Å². The third-order valence-corrected chi connectivity index (χ3v) is 4.05. The van der Waals surface area contributed by atoms with Crippen LogP contribution in [0.1, 0.15) is 21.7 Å². The van der Waals surface area contributed by atoms with Crippen LogP contribution < -0.4 is 10.1 Å². The van der Waals surface area contributed by atoms with E-state index in [1.165, 1.54) is 0 Å². The van der Waals surface area contributed by atoms with Crippen LogP contribution in [0.3, 0.4) is 0 Å². The van der Waals surface area contributed by atoms with Gasteiger partial charge in [0.1, 0.15) is 23.7 Å². The average Bonchev–Trinajstić information content (AvgIpc) is 3.10.